The molecule has 86 valence electrons. The molecule has 0 aliphatic carbocycles. The lowest BCUT2D eigenvalue weighted by Crippen LogP contribution is -2.31. The minimum absolute atomic E-state index is 0.238. The highest BCUT2D eigenvalue weighted by Crippen LogP contribution is 2.19. The van der Waals surface area contributed by atoms with Gasteiger partial charge in [-0.15, -0.1) is 0 Å². The second kappa shape index (κ2) is 5.93. The molecule has 0 aliphatic rings. The highest BCUT2D eigenvalue weighted by atomic mass is 32.2. The summed E-state index contributed by atoms with van der Waals surface area (Å²) in [7, 11) is 0. The second-order valence-corrected chi connectivity index (χ2v) is 5.85. The molecule has 1 rings (SSSR count). The van der Waals surface area contributed by atoms with Crippen molar-refractivity contribution in [1.82, 2.24) is 5.32 Å². The Balaban J connectivity index is 2.53. The van der Waals surface area contributed by atoms with E-state index in [0.29, 0.717) is 0 Å². The molecule has 0 fully saturated rings. The molecule has 0 saturated heterocycles. The van der Waals surface area contributed by atoms with E-state index >= 15 is 0 Å². The number of benzene rings is 1. The van der Waals surface area contributed by atoms with Gasteiger partial charge in [0.15, 0.2) is 0 Å². The van der Waals surface area contributed by atoms with Gasteiger partial charge in [0.25, 0.3) is 0 Å². The molecule has 0 spiro atoms. The zero-order chi connectivity index (χ0) is 12.0. The predicted octanol–water partition coefficient (Wildman–Crippen LogP) is 2.79. The van der Waals surface area contributed by atoms with E-state index in [0.717, 1.165) is 24.2 Å². The zero-order valence-electron chi connectivity index (χ0n) is 10.1. The predicted molar refractivity (Wildman–Crippen MR) is 70.5 cm³/mol. The van der Waals surface area contributed by atoms with Gasteiger partial charge in [-0.25, -0.2) is 0 Å². The molecule has 0 aliphatic heterocycles. The number of hydrogen-bond donors (Lipinski definition) is 1. The molecule has 1 N–H and O–H groups in total. The molecule has 0 unspecified atom stereocenters. The van der Waals surface area contributed by atoms with Crippen molar-refractivity contribution < 1.29 is 0 Å². The van der Waals surface area contributed by atoms with Crippen LogP contribution in [0.2, 0.25) is 0 Å². The first-order chi connectivity index (χ1) is 7.59. The summed E-state index contributed by atoms with van der Waals surface area (Å²) >= 11 is 1.84. The third kappa shape index (κ3) is 3.88. The Kier molecular flexibility index (Phi) is 4.85. The van der Waals surface area contributed by atoms with Crippen molar-refractivity contribution in [3.05, 3.63) is 35.4 Å². The van der Waals surface area contributed by atoms with E-state index in [4.69, 9.17) is 5.26 Å². The highest BCUT2D eigenvalue weighted by Gasteiger charge is 2.14. The van der Waals surface area contributed by atoms with Crippen LogP contribution in [0.1, 0.15) is 25.0 Å². The van der Waals surface area contributed by atoms with Crippen molar-refractivity contribution in [2.45, 2.75) is 25.1 Å². The molecule has 0 bridgehead atoms. The maximum absolute atomic E-state index is 8.94. The topological polar surface area (TPSA) is 35.8 Å². The minimum atomic E-state index is 0.238. The first kappa shape index (κ1) is 13.1. The molecular formula is C13H18N2S. The van der Waals surface area contributed by atoms with Gasteiger partial charge in [-0.1, -0.05) is 18.2 Å². The fourth-order valence-electron chi connectivity index (χ4n) is 1.35. The monoisotopic (exact) mass is 234 g/mol. The summed E-state index contributed by atoms with van der Waals surface area (Å²) in [6, 6.07) is 9.93. The minimum Gasteiger partial charge on any atom is -0.311 e. The summed E-state index contributed by atoms with van der Waals surface area (Å²) in [5, 5.41) is 12.3. The van der Waals surface area contributed by atoms with Gasteiger partial charge < -0.3 is 5.32 Å². The van der Waals surface area contributed by atoms with Crippen LogP contribution in [-0.4, -0.2) is 17.5 Å². The Bertz CT molecular complexity index is 380. The third-order valence-corrected chi connectivity index (χ3v) is 3.81. The van der Waals surface area contributed by atoms with Crippen LogP contribution in [0.4, 0.5) is 0 Å². The Morgan fingerprint density at radius 2 is 2.06 bits per heavy atom. The number of nitrogens with zero attached hydrogens (tertiary/aromatic N) is 1. The van der Waals surface area contributed by atoms with E-state index in [1.807, 2.05) is 36.0 Å². The van der Waals surface area contributed by atoms with Crippen molar-refractivity contribution in [3.8, 4) is 6.07 Å². The smallest absolute Gasteiger partial charge is 0.0995 e. The SMILES string of the molecule is CSC(C)(C)CNCc1ccccc1C#N. The summed E-state index contributed by atoms with van der Waals surface area (Å²) < 4.78 is 0.238. The fraction of sp³-hybridized carbons (Fsp3) is 0.462. The van der Waals surface area contributed by atoms with E-state index in [9.17, 15) is 0 Å². The Hall–Kier alpha value is -0.980. The number of thioether (sulfide) groups is 1. The van der Waals surface area contributed by atoms with Crippen molar-refractivity contribution >= 4 is 11.8 Å². The first-order valence-corrected chi connectivity index (χ1v) is 6.55. The summed E-state index contributed by atoms with van der Waals surface area (Å²) in [5.74, 6) is 0. The summed E-state index contributed by atoms with van der Waals surface area (Å²) in [4.78, 5) is 0. The number of hydrogen-bond acceptors (Lipinski definition) is 3. The zero-order valence-corrected chi connectivity index (χ0v) is 10.9. The lowest BCUT2D eigenvalue weighted by atomic mass is 10.1. The highest BCUT2D eigenvalue weighted by molar-refractivity contribution is 7.99. The second-order valence-electron chi connectivity index (χ2n) is 4.34. The first-order valence-electron chi connectivity index (χ1n) is 5.33. The van der Waals surface area contributed by atoms with Gasteiger partial charge in [-0.2, -0.15) is 17.0 Å². The maximum Gasteiger partial charge on any atom is 0.0995 e. The van der Waals surface area contributed by atoms with Crippen molar-refractivity contribution in [2.24, 2.45) is 0 Å². The normalized spacial score (nSPS) is 11.1. The van der Waals surface area contributed by atoms with Crippen molar-refractivity contribution in [2.75, 3.05) is 12.8 Å². The van der Waals surface area contributed by atoms with Crippen LogP contribution in [0.5, 0.6) is 0 Å². The quantitative estimate of drug-likeness (QED) is 0.851. The molecule has 3 heteroatoms. The van der Waals surface area contributed by atoms with Gasteiger partial charge in [0.1, 0.15) is 0 Å². The van der Waals surface area contributed by atoms with Crippen molar-refractivity contribution in [3.63, 3.8) is 0 Å². The van der Waals surface area contributed by atoms with Gasteiger partial charge in [-0.05, 0) is 31.7 Å². The van der Waals surface area contributed by atoms with Crippen LogP contribution in [-0.2, 0) is 6.54 Å². The number of nitrogens with one attached hydrogen (secondary N) is 1. The molecule has 0 aromatic heterocycles. The van der Waals surface area contributed by atoms with E-state index in [-0.39, 0.29) is 4.75 Å². The fourth-order valence-corrected chi connectivity index (χ4v) is 1.60. The summed E-state index contributed by atoms with van der Waals surface area (Å²) in [6.45, 7) is 6.11. The van der Waals surface area contributed by atoms with Gasteiger partial charge in [-0.3, -0.25) is 0 Å². The van der Waals surface area contributed by atoms with Gasteiger partial charge in [0.2, 0.25) is 0 Å². The molecule has 0 atom stereocenters. The molecule has 0 heterocycles. The molecule has 1 aromatic rings. The van der Waals surface area contributed by atoms with Crippen LogP contribution >= 0.6 is 11.8 Å². The Labute approximate surface area is 102 Å². The molecule has 2 nitrogen and oxygen atoms in total. The summed E-state index contributed by atoms with van der Waals surface area (Å²) in [6.07, 6.45) is 2.12. The molecule has 16 heavy (non-hydrogen) atoms. The largest absolute Gasteiger partial charge is 0.311 e. The Morgan fingerprint density at radius 3 is 2.69 bits per heavy atom. The van der Waals surface area contributed by atoms with Crippen molar-refractivity contribution in [1.29, 1.82) is 5.26 Å². The standard InChI is InChI=1S/C13H18N2S/c1-13(2,16-3)10-15-9-12-7-5-4-6-11(12)8-14/h4-7,15H,9-10H2,1-3H3. The molecular weight excluding hydrogens is 216 g/mol. The van der Waals surface area contributed by atoms with Crippen LogP contribution in [0.3, 0.4) is 0 Å². The third-order valence-electron chi connectivity index (χ3n) is 2.56. The molecule has 0 amide bonds. The van der Waals surface area contributed by atoms with Gasteiger partial charge in [0.05, 0.1) is 11.6 Å². The van der Waals surface area contributed by atoms with E-state index in [2.05, 4.69) is 31.5 Å². The average molecular weight is 234 g/mol. The molecule has 1 aromatic carbocycles. The average Bonchev–Trinajstić information content (AvgIpc) is 2.29. The van der Waals surface area contributed by atoms with E-state index in [1.165, 1.54) is 0 Å². The Morgan fingerprint density at radius 1 is 1.38 bits per heavy atom. The maximum atomic E-state index is 8.94. The lowest BCUT2D eigenvalue weighted by Gasteiger charge is -2.22. The van der Waals surface area contributed by atoms with E-state index < -0.39 is 0 Å². The van der Waals surface area contributed by atoms with Crippen LogP contribution < -0.4 is 5.32 Å². The summed E-state index contributed by atoms with van der Waals surface area (Å²) in [5.41, 5.74) is 1.83. The van der Waals surface area contributed by atoms with Crippen LogP contribution in [0.15, 0.2) is 24.3 Å². The van der Waals surface area contributed by atoms with E-state index in [1.54, 1.807) is 0 Å². The van der Waals surface area contributed by atoms with Gasteiger partial charge >= 0.3 is 0 Å². The van der Waals surface area contributed by atoms with Crippen LogP contribution in [0.25, 0.3) is 0 Å². The number of rotatable bonds is 5. The lowest BCUT2D eigenvalue weighted by molar-refractivity contribution is 0.590. The van der Waals surface area contributed by atoms with Crippen LogP contribution in [0, 0.1) is 11.3 Å². The molecule has 0 saturated carbocycles. The van der Waals surface area contributed by atoms with Gasteiger partial charge in [0, 0.05) is 17.8 Å². The molecule has 0 radical (unpaired) electrons. The number of nitriles is 1.